The first-order valence-corrected chi connectivity index (χ1v) is 9.93. The number of halogens is 2. The summed E-state index contributed by atoms with van der Waals surface area (Å²) in [6.45, 7) is 4.15. The van der Waals surface area contributed by atoms with Crippen LogP contribution in [0.3, 0.4) is 0 Å². The maximum absolute atomic E-state index is 12.4. The molecule has 8 heteroatoms. The van der Waals surface area contributed by atoms with Crippen LogP contribution in [0, 0.1) is 6.92 Å². The van der Waals surface area contributed by atoms with Gasteiger partial charge in [0.25, 0.3) is 0 Å². The van der Waals surface area contributed by atoms with Gasteiger partial charge in [0.15, 0.2) is 5.16 Å². The standard InChI is InChI=1S/C19H18Cl2N4OS/c1-12-7-8-15(9-17(12)21)25-11-23-24-19(25)27-13(2)18(26)22-10-14-5-3-4-6-16(14)20/h3-9,11,13H,10H2,1-2H3,(H,22,26). The molecule has 140 valence electrons. The molecule has 0 aliphatic carbocycles. The maximum atomic E-state index is 12.4. The number of nitrogens with one attached hydrogen (secondary N) is 1. The van der Waals surface area contributed by atoms with Crippen LogP contribution in [0.5, 0.6) is 0 Å². The predicted molar refractivity (Wildman–Crippen MR) is 110 cm³/mol. The summed E-state index contributed by atoms with van der Waals surface area (Å²) in [5, 5.41) is 12.6. The number of hydrogen-bond acceptors (Lipinski definition) is 4. The van der Waals surface area contributed by atoms with Crippen molar-refractivity contribution in [2.45, 2.75) is 30.8 Å². The molecule has 0 bridgehead atoms. The lowest BCUT2D eigenvalue weighted by atomic mass is 10.2. The molecule has 5 nitrogen and oxygen atoms in total. The Bertz CT molecular complexity index is 960. The highest BCUT2D eigenvalue weighted by molar-refractivity contribution is 8.00. The topological polar surface area (TPSA) is 59.8 Å². The van der Waals surface area contributed by atoms with Crippen molar-refractivity contribution in [2.75, 3.05) is 0 Å². The smallest absolute Gasteiger partial charge is 0.233 e. The Hall–Kier alpha value is -2.02. The molecule has 2 aromatic carbocycles. The second-order valence-corrected chi connectivity index (χ2v) is 8.11. The van der Waals surface area contributed by atoms with E-state index in [-0.39, 0.29) is 11.2 Å². The van der Waals surface area contributed by atoms with Crippen LogP contribution in [0.4, 0.5) is 0 Å². The summed E-state index contributed by atoms with van der Waals surface area (Å²) in [5.74, 6) is -0.101. The third-order valence-corrected chi connectivity index (χ3v) is 5.85. The zero-order valence-electron chi connectivity index (χ0n) is 14.8. The van der Waals surface area contributed by atoms with Crippen molar-refractivity contribution in [2.24, 2.45) is 0 Å². The molecule has 3 rings (SSSR count). The van der Waals surface area contributed by atoms with Gasteiger partial charge in [0.1, 0.15) is 6.33 Å². The quantitative estimate of drug-likeness (QED) is 0.588. The molecule has 1 amide bonds. The fourth-order valence-corrected chi connectivity index (χ4v) is 3.64. The fourth-order valence-electron chi connectivity index (χ4n) is 2.39. The molecule has 1 N–H and O–H groups in total. The second-order valence-electron chi connectivity index (χ2n) is 5.99. The number of amides is 1. The largest absolute Gasteiger partial charge is 0.351 e. The Labute approximate surface area is 172 Å². The minimum Gasteiger partial charge on any atom is -0.351 e. The molecule has 0 aliphatic rings. The number of rotatable bonds is 6. The Morgan fingerprint density at radius 3 is 2.74 bits per heavy atom. The van der Waals surface area contributed by atoms with Crippen molar-refractivity contribution >= 4 is 40.9 Å². The Morgan fingerprint density at radius 1 is 1.22 bits per heavy atom. The summed E-state index contributed by atoms with van der Waals surface area (Å²) in [5.41, 5.74) is 2.72. The normalized spacial score (nSPS) is 12.0. The van der Waals surface area contributed by atoms with Crippen LogP contribution >= 0.6 is 35.0 Å². The summed E-state index contributed by atoms with van der Waals surface area (Å²) < 4.78 is 1.81. The van der Waals surface area contributed by atoms with Crippen molar-refractivity contribution in [1.29, 1.82) is 0 Å². The molecule has 3 aromatic rings. The molecule has 0 saturated carbocycles. The van der Waals surface area contributed by atoms with Crippen molar-refractivity contribution in [3.63, 3.8) is 0 Å². The van der Waals surface area contributed by atoms with Crippen LogP contribution in [0.25, 0.3) is 5.69 Å². The molecule has 0 fully saturated rings. The van der Waals surface area contributed by atoms with E-state index in [9.17, 15) is 4.79 Å². The number of hydrogen-bond donors (Lipinski definition) is 1. The van der Waals surface area contributed by atoms with E-state index in [1.807, 2.05) is 54.8 Å². The average Bonchev–Trinajstić information content (AvgIpc) is 3.11. The highest BCUT2D eigenvalue weighted by Gasteiger charge is 2.18. The summed E-state index contributed by atoms with van der Waals surface area (Å²) >= 11 is 13.7. The van der Waals surface area contributed by atoms with Gasteiger partial charge in [0, 0.05) is 16.6 Å². The molecule has 0 radical (unpaired) electrons. The van der Waals surface area contributed by atoms with Gasteiger partial charge in [-0.1, -0.05) is 59.2 Å². The van der Waals surface area contributed by atoms with Gasteiger partial charge in [0.05, 0.1) is 10.9 Å². The highest BCUT2D eigenvalue weighted by atomic mass is 35.5. The van der Waals surface area contributed by atoms with E-state index < -0.39 is 0 Å². The molecule has 1 aromatic heterocycles. The molecule has 1 unspecified atom stereocenters. The zero-order valence-corrected chi connectivity index (χ0v) is 17.1. The number of carbonyl (C=O) groups is 1. The van der Waals surface area contributed by atoms with Crippen molar-refractivity contribution in [3.8, 4) is 5.69 Å². The monoisotopic (exact) mass is 420 g/mol. The van der Waals surface area contributed by atoms with Crippen LogP contribution in [0.2, 0.25) is 10.0 Å². The molecule has 1 atom stereocenters. The van der Waals surface area contributed by atoms with Crippen LogP contribution < -0.4 is 5.32 Å². The average molecular weight is 421 g/mol. The molecule has 0 aliphatic heterocycles. The highest BCUT2D eigenvalue weighted by Crippen LogP contribution is 2.26. The fraction of sp³-hybridized carbons (Fsp3) is 0.211. The van der Waals surface area contributed by atoms with Gasteiger partial charge in [0.2, 0.25) is 5.91 Å². The SMILES string of the molecule is Cc1ccc(-n2cnnc2SC(C)C(=O)NCc2ccccc2Cl)cc1Cl. The summed E-state index contributed by atoms with van der Waals surface area (Å²) in [7, 11) is 0. The van der Waals surface area contributed by atoms with Crippen molar-refractivity contribution < 1.29 is 4.79 Å². The Kier molecular flexibility index (Phi) is 6.42. The van der Waals surface area contributed by atoms with E-state index in [4.69, 9.17) is 23.2 Å². The molecule has 27 heavy (non-hydrogen) atoms. The predicted octanol–water partition coefficient (Wildman–Crippen LogP) is 4.68. The minimum absolute atomic E-state index is 0.101. The summed E-state index contributed by atoms with van der Waals surface area (Å²) in [6.07, 6.45) is 1.61. The lowest BCUT2D eigenvalue weighted by Gasteiger charge is -2.13. The first-order chi connectivity index (χ1) is 13.0. The number of nitrogens with zero attached hydrogens (tertiary/aromatic N) is 3. The van der Waals surface area contributed by atoms with Crippen LogP contribution in [-0.2, 0) is 11.3 Å². The lowest BCUT2D eigenvalue weighted by molar-refractivity contribution is -0.120. The van der Waals surface area contributed by atoms with Gasteiger partial charge < -0.3 is 5.32 Å². The summed E-state index contributed by atoms with van der Waals surface area (Å²) in [4.78, 5) is 12.4. The number of carbonyl (C=O) groups excluding carboxylic acids is 1. The van der Waals surface area contributed by atoms with Crippen LogP contribution in [0.15, 0.2) is 53.9 Å². The van der Waals surface area contributed by atoms with E-state index in [2.05, 4.69) is 15.5 Å². The Morgan fingerprint density at radius 2 is 2.00 bits per heavy atom. The molecular formula is C19H18Cl2N4OS. The van der Waals surface area contributed by atoms with Crippen LogP contribution in [0.1, 0.15) is 18.1 Å². The number of thioether (sulfide) groups is 1. The molecule has 0 saturated heterocycles. The second kappa shape index (κ2) is 8.78. The molecular weight excluding hydrogens is 403 g/mol. The van der Waals surface area contributed by atoms with Gasteiger partial charge in [-0.05, 0) is 43.2 Å². The number of aromatic nitrogens is 3. The Balaban J connectivity index is 1.67. The van der Waals surface area contributed by atoms with E-state index in [0.29, 0.717) is 21.7 Å². The van der Waals surface area contributed by atoms with E-state index in [1.54, 1.807) is 12.4 Å². The minimum atomic E-state index is -0.351. The summed E-state index contributed by atoms with van der Waals surface area (Å²) in [6, 6.07) is 13.2. The van der Waals surface area contributed by atoms with Crippen LogP contribution in [-0.4, -0.2) is 25.9 Å². The van der Waals surface area contributed by atoms with Gasteiger partial charge >= 0.3 is 0 Å². The third kappa shape index (κ3) is 4.83. The van der Waals surface area contributed by atoms with Gasteiger partial charge in [-0.25, -0.2) is 0 Å². The number of benzene rings is 2. The van der Waals surface area contributed by atoms with Crippen molar-refractivity contribution in [1.82, 2.24) is 20.1 Å². The number of aryl methyl sites for hydroxylation is 1. The zero-order chi connectivity index (χ0) is 19.4. The van der Waals surface area contributed by atoms with Gasteiger partial charge in [-0.3, -0.25) is 9.36 Å². The molecule has 1 heterocycles. The van der Waals surface area contributed by atoms with E-state index in [0.717, 1.165) is 16.8 Å². The van der Waals surface area contributed by atoms with E-state index in [1.165, 1.54) is 11.8 Å². The third-order valence-electron chi connectivity index (χ3n) is 4.01. The maximum Gasteiger partial charge on any atom is 0.233 e. The lowest BCUT2D eigenvalue weighted by Crippen LogP contribution is -2.30. The van der Waals surface area contributed by atoms with Crippen molar-refractivity contribution in [3.05, 3.63) is 70.0 Å². The first kappa shape index (κ1) is 19.7. The first-order valence-electron chi connectivity index (χ1n) is 8.30. The van der Waals surface area contributed by atoms with Gasteiger partial charge in [-0.2, -0.15) is 0 Å². The van der Waals surface area contributed by atoms with Gasteiger partial charge in [-0.15, -0.1) is 10.2 Å². The molecule has 0 spiro atoms. The van der Waals surface area contributed by atoms with E-state index >= 15 is 0 Å².